The van der Waals surface area contributed by atoms with Crippen molar-refractivity contribution >= 4 is 12.1 Å². The van der Waals surface area contributed by atoms with Crippen LogP contribution in [0.5, 0.6) is 0 Å². The minimum absolute atomic E-state index is 0.0578. The third kappa shape index (κ3) is 2.67. The van der Waals surface area contributed by atoms with E-state index in [1.54, 1.807) is 7.11 Å². The van der Waals surface area contributed by atoms with Crippen molar-refractivity contribution in [3.8, 4) is 0 Å². The number of hydrogen-bond donors (Lipinski definition) is 2. The predicted octanol–water partition coefficient (Wildman–Crippen LogP) is 1.62. The predicted molar refractivity (Wildman–Crippen MR) is 84.7 cm³/mol. The lowest BCUT2D eigenvalue weighted by atomic mass is 9.89. The van der Waals surface area contributed by atoms with Gasteiger partial charge >= 0.3 is 0 Å². The first-order valence-corrected chi connectivity index (χ1v) is 7.20. The Bertz CT molecular complexity index is 640. The minimum Gasteiger partial charge on any atom is -0.511 e. The lowest BCUT2D eigenvalue weighted by Gasteiger charge is -2.27. The normalized spacial score (nSPS) is 32.2. The van der Waals surface area contributed by atoms with Crippen molar-refractivity contribution in [3.05, 3.63) is 59.9 Å². The summed E-state index contributed by atoms with van der Waals surface area (Å²) < 4.78 is 5.32. The number of aliphatic hydroxyl groups is 1. The average molecular weight is 298 g/mol. The molecule has 1 aliphatic heterocycles. The monoisotopic (exact) mass is 298 g/mol. The highest BCUT2D eigenvalue weighted by Gasteiger charge is 2.31. The number of amides is 1. The van der Waals surface area contributed by atoms with E-state index in [1.165, 1.54) is 6.21 Å². The van der Waals surface area contributed by atoms with Gasteiger partial charge in [-0.2, -0.15) is 0 Å². The molecule has 0 aromatic rings. The zero-order chi connectivity index (χ0) is 15.5. The molecule has 0 spiro atoms. The van der Waals surface area contributed by atoms with E-state index in [-0.39, 0.29) is 41.3 Å². The lowest BCUT2D eigenvalue weighted by molar-refractivity contribution is -0.118. The van der Waals surface area contributed by atoms with Crippen LogP contribution in [0.25, 0.3) is 0 Å². The molecule has 0 fully saturated rings. The minimum atomic E-state index is -0.352. The molecule has 0 aromatic heterocycles. The number of aliphatic imine (C=N–C) groups is 1. The second-order valence-electron chi connectivity index (χ2n) is 5.33. The Morgan fingerprint density at radius 2 is 1.91 bits per heavy atom. The Kier molecular flexibility index (Phi) is 4.06. The molecule has 2 N–H and O–H groups in total. The van der Waals surface area contributed by atoms with Crippen LogP contribution in [0.4, 0.5) is 0 Å². The third-order valence-electron chi connectivity index (χ3n) is 3.97. The number of hydrogen-bond acceptors (Lipinski definition) is 4. The van der Waals surface area contributed by atoms with Crippen LogP contribution in [0.15, 0.2) is 64.9 Å². The first-order valence-electron chi connectivity index (χ1n) is 7.20. The van der Waals surface area contributed by atoms with Gasteiger partial charge in [0.2, 0.25) is 0 Å². The lowest BCUT2D eigenvalue weighted by Crippen LogP contribution is -2.44. The maximum Gasteiger partial charge on any atom is 0.256 e. The van der Waals surface area contributed by atoms with Crippen molar-refractivity contribution in [2.75, 3.05) is 7.11 Å². The maximum absolute atomic E-state index is 12.4. The standard InChI is InChI=1S/C17H18N2O3/c1-22-15-9-5-4-8-14(15)19-17(21)12-10-18-13-7-3-2-6-11(13)16(12)20/h2-11,13-15,20H,1H3,(H,19,21). The van der Waals surface area contributed by atoms with Gasteiger partial charge in [-0.3, -0.25) is 9.79 Å². The first kappa shape index (κ1) is 14.5. The molecule has 0 saturated carbocycles. The number of dihydropyridines is 1. The number of nitrogens with zero attached hydrogens (tertiary/aromatic N) is 1. The van der Waals surface area contributed by atoms with Gasteiger partial charge in [-0.1, -0.05) is 48.6 Å². The van der Waals surface area contributed by atoms with Crippen LogP contribution in [0, 0.1) is 5.92 Å². The Morgan fingerprint density at radius 1 is 1.18 bits per heavy atom. The van der Waals surface area contributed by atoms with Gasteiger partial charge in [0.25, 0.3) is 5.91 Å². The molecule has 3 rings (SSSR count). The molecule has 1 heterocycles. The molecular formula is C17H18N2O3. The summed E-state index contributed by atoms with van der Waals surface area (Å²) in [4.78, 5) is 16.8. The van der Waals surface area contributed by atoms with E-state index in [4.69, 9.17) is 4.74 Å². The van der Waals surface area contributed by atoms with Crippen molar-refractivity contribution < 1.29 is 14.6 Å². The van der Waals surface area contributed by atoms with Gasteiger partial charge < -0.3 is 15.2 Å². The molecule has 0 aromatic carbocycles. The number of aliphatic hydroxyl groups excluding tert-OH is 1. The fraction of sp³-hybridized carbons (Fsp3) is 0.294. The van der Waals surface area contributed by atoms with Crippen molar-refractivity contribution in [1.82, 2.24) is 5.32 Å². The van der Waals surface area contributed by atoms with Crippen molar-refractivity contribution in [2.45, 2.75) is 18.2 Å². The molecular weight excluding hydrogens is 280 g/mol. The molecule has 22 heavy (non-hydrogen) atoms. The number of carbonyl (C=O) groups excluding carboxylic acids is 1. The van der Waals surface area contributed by atoms with Crippen LogP contribution in [-0.2, 0) is 9.53 Å². The molecule has 3 aliphatic rings. The second-order valence-corrected chi connectivity index (χ2v) is 5.33. The Hall–Kier alpha value is -2.40. The Labute approximate surface area is 129 Å². The van der Waals surface area contributed by atoms with Crippen molar-refractivity contribution in [1.29, 1.82) is 0 Å². The van der Waals surface area contributed by atoms with E-state index in [0.717, 1.165) is 0 Å². The zero-order valence-electron chi connectivity index (χ0n) is 12.2. The second kappa shape index (κ2) is 6.15. The molecule has 1 amide bonds. The van der Waals surface area contributed by atoms with Crippen LogP contribution in [0.2, 0.25) is 0 Å². The molecule has 0 radical (unpaired) electrons. The largest absolute Gasteiger partial charge is 0.511 e. The van der Waals surface area contributed by atoms with E-state index in [0.29, 0.717) is 0 Å². The van der Waals surface area contributed by atoms with Gasteiger partial charge in [0.05, 0.1) is 29.7 Å². The molecule has 0 bridgehead atoms. The van der Waals surface area contributed by atoms with Crippen LogP contribution >= 0.6 is 0 Å². The fourth-order valence-corrected chi connectivity index (χ4v) is 2.74. The van der Waals surface area contributed by atoms with Gasteiger partial charge in [-0.15, -0.1) is 0 Å². The number of fused-ring (bicyclic) bond motifs is 1. The fourth-order valence-electron chi connectivity index (χ4n) is 2.74. The van der Waals surface area contributed by atoms with Crippen LogP contribution in [-0.4, -0.2) is 42.5 Å². The smallest absolute Gasteiger partial charge is 0.256 e. The summed E-state index contributed by atoms with van der Waals surface area (Å²) in [6.45, 7) is 0. The summed E-state index contributed by atoms with van der Waals surface area (Å²) in [5.74, 6) is -0.562. The van der Waals surface area contributed by atoms with E-state index in [2.05, 4.69) is 10.3 Å². The summed E-state index contributed by atoms with van der Waals surface area (Å²) in [6.07, 6.45) is 16.2. The Morgan fingerprint density at radius 3 is 2.73 bits per heavy atom. The number of nitrogens with one attached hydrogen (secondary N) is 1. The summed E-state index contributed by atoms with van der Waals surface area (Å²) >= 11 is 0. The number of methoxy groups -OCH3 is 1. The SMILES string of the molecule is COC1C=CC=CC1NC(=O)C1=C(O)C2C=CC=CC2N=C1. The molecule has 5 nitrogen and oxygen atoms in total. The van der Waals surface area contributed by atoms with E-state index >= 15 is 0 Å². The molecule has 0 saturated heterocycles. The summed E-state index contributed by atoms with van der Waals surface area (Å²) in [6, 6.07) is -0.401. The van der Waals surface area contributed by atoms with Gasteiger partial charge in [0, 0.05) is 13.3 Å². The molecule has 5 heteroatoms. The molecule has 2 aliphatic carbocycles. The summed E-state index contributed by atoms with van der Waals surface area (Å²) in [7, 11) is 1.59. The zero-order valence-corrected chi connectivity index (χ0v) is 12.2. The van der Waals surface area contributed by atoms with Crippen molar-refractivity contribution in [2.24, 2.45) is 10.9 Å². The van der Waals surface area contributed by atoms with Gasteiger partial charge in [-0.05, 0) is 0 Å². The quantitative estimate of drug-likeness (QED) is 0.831. The molecule has 4 atom stereocenters. The topological polar surface area (TPSA) is 70.9 Å². The van der Waals surface area contributed by atoms with Gasteiger partial charge in [-0.25, -0.2) is 0 Å². The number of allylic oxidation sites excluding steroid dienone is 4. The van der Waals surface area contributed by atoms with Crippen LogP contribution in [0.3, 0.4) is 0 Å². The summed E-state index contributed by atoms with van der Waals surface area (Å²) in [5.41, 5.74) is 0.207. The van der Waals surface area contributed by atoms with Crippen LogP contribution < -0.4 is 5.32 Å². The average Bonchev–Trinajstić information content (AvgIpc) is 2.56. The van der Waals surface area contributed by atoms with E-state index in [9.17, 15) is 9.90 Å². The van der Waals surface area contributed by atoms with E-state index in [1.807, 2.05) is 48.6 Å². The van der Waals surface area contributed by atoms with Crippen LogP contribution in [0.1, 0.15) is 0 Å². The number of rotatable bonds is 3. The van der Waals surface area contributed by atoms with Gasteiger partial charge in [0.1, 0.15) is 5.76 Å². The molecule has 114 valence electrons. The van der Waals surface area contributed by atoms with Gasteiger partial charge in [0.15, 0.2) is 0 Å². The highest BCUT2D eigenvalue weighted by molar-refractivity contribution is 6.13. The maximum atomic E-state index is 12.4. The third-order valence-corrected chi connectivity index (χ3v) is 3.97. The summed E-state index contributed by atoms with van der Waals surface area (Å²) in [5, 5.41) is 13.2. The van der Waals surface area contributed by atoms with E-state index < -0.39 is 0 Å². The first-order chi connectivity index (χ1) is 10.7. The Balaban J connectivity index is 1.76. The number of carbonyl (C=O) groups is 1. The van der Waals surface area contributed by atoms with Crippen molar-refractivity contribution in [3.63, 3.8) is 0 Å². The highest BCUT2D eigenvalue weighted by atomic mass is 16.5. The highest BCUT2D eigenvalue weighted by Crippen LogP contribution is 2.27. The number of ether oxygens (including phenoxy) is 1. The molecule has 4 unspecified atom stereocenters.